The molecule has 2 heterocycles. The minimum Gasteiger partial charge on any atom is -0.347 e. The van der Waals surface area contributed by atoms with Crippen LogP contribution in [0.4, 0.5) is 0 Å². The van der Waals surface area contributed by atoms with Crippen molar-refractivity contribution in [3.05, 3.63) is 11.6 Å². The van der Waals surface area contributed by atoms with Gasteiger partial charge in [-0.2, -0.15) is 0 Å². The van der Waals surface area contributed by atoms with Crippen LogP contribution in [0.2, 0.25) is 0 Å². The maximum Gasteiger partial charge on any atom is 0.174 e. The lowest BCUT2D eigenvalue weighted by atomic mass is 9.46. The molecule has 2 N–H and O–H groups in total. The molecule has 0 aromatic heterocycles. The van der Waals surface area contributed by atoms with Crippen LogP contribution in [0.1, 0.15) is 64.7 Å². The quantitative estimate of drug-likeness (QED) is 0.711. The van der Waals surface area contributed by atoms with Gasteiger partial charge in [0, 0.05) is 24.7 Å². The Kier molecular flexibility index (Phi) is 4.33. The summed E-state index contributed by atoms with van der Waals surface area (Å²) in [6.07, 6.45) is 12.8. The van der Waals surface area contributed by atoms with Gasteiger partial charge in [-0.25, -0.2) is 0 Å². The average Bonchev–Trinajstić information content (AvgIpc) is 3.44. The molecule has 0 unspecified atom stereocenters. The number of nitrogens with two attached hydrogens (primary N) is 1. The third kappa shape index (κ3) is 2.46. The molecule has 5 fully saturated rings. The smallest absolute Gasteiger partial charge is 0.174 e. The maximum atomic E-state index is 6.31. The van der Waals surface area contributed by atoms with Crippen LogP contribution >= 0.6 is 0 Å². The Balaban J connectivity index is 1.34. The van der Waals surface area contributed by atoms with E-state index in [1.165, 1.54) is 32.1 Å². The summed E-state index contributed by atoms with van der Waals surface area (Å²) in [5, 5.41) is 0. The van der Waals surface area contributed by atoms with E-state index >= 15 is 0 Å². The first-order chi connectivity index (χ1) is 14.1. The number of fused-ring (bicyclic) bond motifs is 6. The monoisotopic (exact) mass is 403 g/mol. The molecule has 0 radical (unpaired) electrons. The number of allylic oxidation sites excluding steroid dienone is 1. The Morgan fingerprint density at radius 1 is 0.931 bits per heavy atom. The van der Waals surface area contributed by atoms with Gasteiger partial charge in [-0.15, -0.1) is 0 Å². The summed E-state index contributed by atoms with van der Waals surface area (Å²) < 4.78 is 24.8. The molecule has 6 rings (SSSR count). The highest BCUT2D eigenvalue weighted by Gasteiger charge is 2.67. The molecule has 29 heavy (non-hydrogen) atoms. The Labute approximate surface area is 174 Å². The molecule has 162 valence electrons. The Hall–Kier alpha value is -0.460. The van der Waals surface area contributed by atoms with Crippen molar-refractivity contribution in [2.75, 3.05) is 33.0 Å². The molecule has 0 bridgehead atoms. The predicted molar refractivity (Wildman–Crippen MR) is 109 cm³/mol. The molecule has 5 atom stereocenters. The van der Waals surface area contributed by atoms with E-state index in [-0.39, 0.29) is 22.4 Å². The van der Waals surface area contributed by atoms with Crippen LogP contribution in [0.3, 0.4) is 0 Å². The van der Waals surface area contributed by atoms with Crippen molar-refractivity contribution in [2.45, 2.75) is 76.3 Å². The van der Waals surface area contributed by atoms with Gasteiger partial charge in [-0.1, -0.05) is 18.6 Å². The van der Waals surface area contributed by atoms with Crippen LogP contribution in [-0.4, -0.2) is 44.5 Å². The molecular formula is C24H37NO4. The number of ether oxygens (including phenoxy) is 4. The number of rotatable bonds is 2. The fourth-order valence-electron chi connectivity index (χ4n) is 8.77. The lowest BCUT2D eigenvalue weighted by Crippen LogP contribution is -2.56. The van der Waals surface area contributed by atoms with E-state index in [4.69, 9.17) is 24.7 Å². The van der Waals surface area contributed by atoms with Gasteiger partial charge in [0.1, 0.15) is 0 Å². The SMILES string of the molecule is C[C@]12CC[C@H]3[C@@H](CC=C4CC5(CC[C@@]43CCN)OCCO5)[C@@H]1CCC21OCCO1. The zero-order chi connectivity index (χ0) is 19.7. The van der Waals surface area contributed by atoms with Crippen LogP contribution in [0.15, 0.2) is 11.6 Å². The zero-order valence-corrected chi connectivity index (χ0v) is 17.9. The van der Waals surface area contributed by atoms with Gasteiger partial charge in [0.15, 0.2) is 11.6 Å². The van der Waals surface area contributed by atoms with Crippen molar-refractivity contribution < 1.29 is 18.9 Å². The summed E-state index contributed by atoms with van der Waals surface area (Å²) in [6, 6.07) is 0. The summed E-state index contributed by atoms with van der Waals surface area (Å²) in [6.45, 7) is 6.25. The lowest BCUT2D eigenvalue weighted by Gasteiger charge is -2.60. The molecule has 3 saturated carbocycles. The molecule has 2 aliphatic heterocycles. The van der Waals surface area contributed by atoms with Crippen LogP contribution in [0, 0.1) is 28.6 Å². The Morgan fingerprint density at radius 3 is 2.41 bits per heavy atom. The Bertz CT molecular complexity index is 695. The van der Waals surface area contributed by atoms with Crippen LogP contribution < -0.4 is 5.73 Å². The first-order valence-corrected chi connectivity index (χ1v) is 12.0. The number of hydrogen-bond acceptors (Lipinski definition) is 5. The zero-order valence-electron chi connectivity index (χ0n) is 17.9. The lowest BCUT2D eigenvalue weighted by molar-refractivity contribution is -0.244. The van der Waals surface area contributed by atoms with Crippen molar-refractivity contribution in [2.24, 2.45) is 34.3 Å². The molecule has 2 saturated heterocycles. The molecular weight excluding hydrogens is 366 g/mol. The average molecular weight is 404 g/mol. The van der Waals surface area contributed by atoms with Gasteiger partial charge in [-0.05, 0) is 68.2 Å². The first kappa shape index (κ1) is 19.2. The highest BCUT2D eigenvalue weighted by atomic mass is 16.7. The summed E-state index contributed by atoms with van der Waals surface area (Å²) in [4.78, 5) is 0. The minimum absolute atomic E-state index is 0.160. The topological polar surface area (TPSA) is 62.9 Å². The molecule has 5 heteroatoms. The minimum atomic E-state index is -0.344. The predicted octanol–water partition coefficient (Wildman–Crippen LogP) is 3.76. The molecule has 0 amide bonds. The second-order valence-electron chi connectivity index (χ2n) is 10.8. The summed E-state index contributed by atoms with van der Waals surface area (Å²) in [5.41, 5.74) is 8.24. The third-order valence-corrected chi connectivity index (χ3v) is 10.0. The molecule has 2 spiro atoms. The summed E-state index contributed by atoms with van der Waals surface area (Å²) in [5.74, 6) is 1.51. The Morgan fingerprint density at radius 2 is 1.66 bits per heavy atom. The molecule has 6 aliphatic rings. The van der Waals surface area contributed by atoms with Crippen molar-refractivity contribution in [1.82, 2.24) is 0 Å². The highest BCUT2D eigenvalue weighted by molar-refractivity contribution is 5.28. The van der Waals surface area contributed by atoms with Crippen molar-refractivity contribution in [3.8, 4) is 0 Å². The van der Waals surface area contributed by atoms with Crippen molar-refractivity contribution in [3.63, 3.8) is 0 Å². The van der Waals surface area contributed by atoms with Gasteiger partial charge in [0.05, 0.1) is 26.4 Å². The molecule has 0 aromatic carbocycles. The van der Waals surface area contributed by atoms with Gasteiger partial charge >= 0.3 is 0 Å². The molecule has 5 nitrogen and oxygen atoms in total. The van der Waals surface area contributed by atoms with E-state index in [1.54, 1.807) is 5.57 Å². The van der Waals surface area contributed by atoms with E-state index in [2.05, 4.69) is 13.0 Å². The van der Waals surface area contributed by atoms with Gasteiger partial charge in [0.2, 0.25) is 0 Å². The van der Waals surface area contributed by atoms with Gasteiger partial charge in [-0.3, -0.25) is 0 Å². The fraction of sp³-hybridized carbons (Fsp3) is 0.917. The van der Waals surface area contributed by atoms with E-state index < -0.39 is 0 Å². The second-order valence-corrected chi connectivity index (χ2v) is 10.8. The maximum absolute atomic E-state index is 6.31. The third-order valence-electron chi connectivity index (χ3n) is 10.0. The number of hydrogen-bond donors (Lipinski definition) is 1. The summed E-state index contributed by atoms with van der Waals surface area (Å²) in [7, 11) is 0. The second kappa shape index (κ2) is 6.52. The van der Waals surface area contributed by atoms with Crippen LogP contribution in [0.5, 0.6) is 0 Å². The standard InChI is InChI=1S/C24H37NO4/c1-21-6-4-20-18(19(21)5-7-24(21)28-14-15-29-24)3-2-17-16-23(26-12-13-27-23)9-8-22(17,20)10-11-25/h2,18-20H,3-16,25H2,1H3/t18-,19-,20-,21-,22+/m0/s1. The van der Waals surface area contributed by atoms with Crippen molar-refractivity contribution >= 4 is 0 Å². The van der Waals surface area contributed by atoms with E-state index in [0.29, 0.717) is 5.92 Å². The fourth-order valence-corrected chi connectivity index (χ4v) is 8.77. The normalized spacial score (nSPS) is 47.1. The highest BCUT2D eigenvalue weighted by Crippen LogP contribution is 2.69. The van der Waals surface area contributed by atoms with E-state index in [9.17, 15) is 0 Å². The van der Waals surface area contributed by atoms with Crippen molar-refractivity contribution in [1.29, 1.82) is 0 Å². The molecule has 0 aromatic rings. The van der Waals surface area contributed by atoms with E-state index in [1.807, 2.05) is 0 Å². The van der Waals surface area contributed by atoms with Gasteiger partial charge in [0.25, 0.3) is 0 Å². The largest absolute Gasteiger partial charge is 0.347 e. The van der Waals surface area contributed by atoms with Crippen LogP contribution in [-0.2, 0) is 18.9 Å². The molecule has 4 aliphatic carbocycles. The van der Waals surface area contributed by atoms with E-state index in [0.717, 1.165) is 70.5 Å². The first-order valence-electron chi connectivity index (χ1n) is 12.0. The van der Waals surface area contributed by atoms with Gasteiger partial charge < -0.3 is 24.7 Å². The van der Waals surface area contributed by atoms with Crippen LogP contribution in [0.25, 0.3) is 0 Å². The summed E-state index contributed by atoms with van der Waals surface area (Å²) >= 11 is 0.